The highest BCUT2D eigenvalue weighted by molar-refractivity contribution is 7.89. The van der Waals surface area contributed by atoms with E-state index in [0.29, 0.717) is 51.3 Å². The molecule has 1 atom stereocenters. The number of amides is 2. The molecule has 0 aliphatic heterocycles. The lowest BCUT2D eigenvalue weighted by Gasteiger charge is -2.32. The van der Waals surface area contributed by atoms with E-state index in [0.717, 1.165) is 16.7 Å². The van der Waals surface area contributed by atoms with Gasteiger partial charge in [0.05, 0.1) is 12.0 Å². The van der Waals surface area contributed by atoms with Crippen molar-refractivity contribution in [2.45, 2.75) is 57.0 Å². The number of hydrogen-bond acceptors (Lipinski definition) is 6. The second-order valence-corrected chi connectivity index (χ2v) is 11.8. The average Bonchev–Trinajstić information content (AvgIpc) is 3.02. The van der Waals surface area contributed by atoms with Gasteiger partial charge in [-0.3, -0.25) is 9.59 Å². The van der Waals surface area contributed by atoms with Crippen LogP contribution in [0.5, 0.6) is 5.75 Å². The number of sulfonamides is 1. The number of nitrogens with one attached hydrogen (secondary N) is 2. The summed E-state index contributed by atoms with van der Waals surface area (Å²) in [6.07, 6.45) is 1.58. The quantitative estimate of drug-likeness (QED) is 0.210. The largest absolute Gasteiger partial charge is 0.497 e. The summed E-state index contributed by atoms with van der Waals surface area (Å²) in [5.74, 6) is 0.305. The van der Waals surface area contributed by atoms with Crippen LogP contribution in [0.1, 0.15) is 43.4 Å². The molecule has 2 amide bonds. The number of benzene rings is 3. The van der Waals surface area contributed by atoms with Crippen molar-refractivity contribution in [1.82, 2.24) is 14.9 Å². The lowest BCUT2D eigenvalue weighted by Crippen LogP contribution is -2.50. The van der Waals surface area contributed by atoms with Crippen molar-refractivity contribution in [2.24, 2.45) is 0 Å². The number of rotatable bonds is 18. The van der Waals surface area contributed by atoms with Crippen LogP contribution in [0.3, 0.4) is 0 Å². The molecule has 232 valence electrons. The predicted molar refractivity (Wildman–Crippen MR) is 167 cm³/mol. The van der Waals surface area contributed by atoms with Gasteiger partial charge in [0.2, 0.25) is 21.8 Å². The molecule has 43 heavy (non-hydrogen) atoms. The van der Waals surface area contributed by atoms with Gasteiger partial charge in [0.15, 0.2) is 0 Å². The second kappa shape index (κ2) is 17.4. The van der Waals surface area contributed by atoms with E-state index in [1.54, 1.807) is 43.2 Å². The van der Waals surface area contributed by atoms with Gasteiger partial charge in [-0.25, -0.2) is 13.1 Å². The average molecular weight is 610 g/mol. The molecule has 0 bridgehead atoms. The fourth-order valence-electron chi connectivity index (χ4n) is 4.63. The van der Waals surface area contributed by atoms with Gasteiger partial charge in [0.1, 0.15) is 11.8 Å². The summed E-state index contributed by atoms with van der Waals surface area (Å²) in [7, 11) is -1.97. The molecule has 0 heterocycles. The van der Waals surface area contributed by atoms with E-state index in [4.69, 9.17) is 9.47 Å². The zero-order chi connectivity index (χ0) is 31.1. The van der Waals surface area contributed by atoms with Gasteiger partial charge in [-0.2, -0.15) is 0 Å². The SMILES string of the molecule is CCNS(=O)(=O)c1ccc(CCC(=O)N(Cc2ccc(OC)cc2)[C@H](Cc2ccccc2)C(=O)NCCCOCC)cc1. The van der Waals surface area contributed by atoms with Crippen molar-refractivity contribution in [3.05, 3.63) is 95.6 Å². The maximum Gasteiger partial charge on any atom is 0.243 e. The van der Waals surface area contributed by atoms with Gasteiger partial charge in [-0.1, -0.05) is 61.5 Å². The third-order valence-corrected chi connectivity index (χ3v) is 8.51. The molecule has 0 unspecified atom stereocenters. The molecule has 3 rings (SSSR count). The Labute approximate surface area is 255 Å². The van der Waals surface area contributed by atoms with Crippen molar-refractivity contribution >= 4 is 21.8 Å². The second-order valence-electron chi connectivity index (χ2n) is 10.1. The summed E-state index contributed by atoms with van der Waals surface area (Å²) in [6, 6.07) is 22.9. The first kappa shape index (κ1) is 33.8. The lowest BCUT2D eigenvalue weighted by atomic mass is 10.0. The molecule has 10 heteroatoms. The first-order chi connectivity index (χ1) is 20.8. The summed E-state index contributed by atoms with van der Waals surface area (Å²) >= 11 is 0. The monoisotopic (exact) mass is 609 g/mol. The first-order valence-corrected chi connectivity index (χ1v) is 16.2. The maximum absolute atomic E-state index is 13.9. The Hall–Kier alpha value is -3.73. The molecule has 0 spiro atoms. The van der Waals surface area contributed by atoms with Crippen LogP contribution < -0.4 is 14.8 Å². The number of methoxy groups -OCH3 is 1. The molecule has 9 nitrogen and oxygen atoms in total. The van der Waals surface area contributed by atoms with Crippen LogP contribution in [0.15, 0.2) is 83.8 Å². The predicted octanol–water partition coefficient (Wildman–Crippen LogP) is 4.11. The first-order valence-electron chi connectivity index (χ1n) is 14.7. The van der Waals surface area contributed by atoms with Gasteiger partial charge >= 0.3 is 0 Å². The smallest absolute Gasteiger partial charge is 0.243 e. The number of carbonyl (C=O) groups is 2. The van der Waals surface area contributed by atoms with Crippen molar-refractivity contribution in [3.63, 3.8) is 0 Å². The molecular formula is C33H43N3O6S. The minimum atomic E-state index is -3.56. The third kappa shape index (κ3) is 10.8. The van der Waals surface area contributed by atoms with E-state index in [2.05, 4.69) is 10.0 Å². The highest BCUT2D eigenvalue weighted by Gasteiger charge is 2.30. The molecule has 0 aliphatic carbocycles. The van der Waals surface area contributed by atoms with Gasteiger partial charge in [-0.15, -0.1) is 0 Å². The van der Waals surface area contributed by atoms with Crippen molar-refractivity contribution in [1.29, 1.82) is 0 Å². The molecule has 0 saturated carbocycles. The Kier molecular flexibility index (Phi) is 13.7. The van der Waals surface area contributed by atoms with Crippen LogP contribution in [-0.4, -0.2) is 64.6 Å². The van der Waals surface area contributed by atoms with E-state index in [1.807, 2.05) is 61.5 Å². The Balaban J connectivity index is 1.84. The van der Waals surface area contributed by atoms with Gasteiger partial charge in [0.25, 0.3) is 0 Å². The van der Waals surface area contributed by atoms with E-state index in [1.165, 1.54) is 0 Å². The molecule has 3 aromatic rings. The van der Waals surface area contributed by atoms with Crippen LogP contribution in [0.4, 0.5) is 0 Å². The number of ether oxygens (including phenoxy) is 2. The number of nitrogens with zero attached hydrogens (tertiary/aromatic N) is 1. The van der Waals surface area contributed by atoms with Gasteiger partial charge < -0.3 is 19.7 Å². The van der Waals surface area contributed by atoms with Crippen LogP contribution in [0.2, 0.25) is 0 Å². The minimum Gasteiger partial charge on any atom is -0.497 e. The van der Waals surface area contributed by atoms with Crippen LogP contribution >= 0.6 is 0 Å². The molecule has 3 aromatic carbocycles. The minimum absolute atomic E-state index is 0.151. The van der Waals surface area contributed by atoms with Crippen LogP contribution in [0, 0.1) is 0 Å². The fourth-order valence-corrected chi connectivity index (χ4v) is 5.67. The van der Waals surface area contributed by atoms with E-state index >= 15 is 0 Å². The highest BCUT2D eigenvalue weighted by atomic mass is 32.2. The summed E-state index contributed by atoms with van der Waals surface area (Å²) in [6.45, 7) is 5.79. The summed E-state index contributed by atoms with van der Waals surface area (Å²) in [5.41, 5.74) is 2.64. The van der Waals surface area contributed by atoms with Gasteiger partial charge in [-0.05, 0) is 60.7 Å². The van der Waals surface area contributed by atoms with Crippen molar-refractivity contribution in [2.75, 3.05) is 33.4 Å². The maximum atomic E-state index is 13.9. The van der Waals surface area contributed by atoms with Crippen molar-refractivity contribution in [3.8, 4) is 5.75 Å². The standard InChI is InChI=1S/C33H43N3O6S/c1-4-35-43(39,40)30-19-14-26(15-20-30)16-21-32(37)36(25-28-12-17-29(41-3)18-13-28)31(24-27-10-7-6-8-11-27)33(38)34-22-9-23-42-5-2/h6-8,10-15,17-20,31,35H,4-5,9,16,21-25H2,1-3H3,(H,34,38)/t31-/m1/s1. The summed E-state index contributed by atoms with van der Waals surface area (Å²) in [4.78, 5) is 29.4. The Morgan fingerprint density at radius 2 is 1.56 bits per heavy atom. The zero-order valence-electron chi connectivity index (χ0n) is 25.3. The highest BCUT2D eigenvalue weighted by Crippen LogP contribution is 2.19. The number of hydrogen-bond donors (Lipinski definition) is 2. The van der Waals surface area contributed by atoms with E-state index < -0.39 is 16.1 Å². The van der Waals surface area contributed by atoms with E-state index in [-0.39, 0.29) is 29.7 Å². The van der Waals surface area contributed by atoms with E-state index in [9.17, 15) is 18.0 Å². The lowest BCUT2D eigenvalue weighted by molar-refractivity contribution is -0.141. The Bertz CT molecular complexity index is 1380. The molecule has 2 N–H and O–H groups in total. The molecular weight excluding hydrogens is 566 g/mol. The molecule has 0 aromatic heterocycles. The van der Waals surface area contributed by atoms with Gasteiger partial charge in [0, 0.05) is 45.7 Å². The Morgan fingerprint density at radius 3 is 2.19 bits per heavy atom. The van der Waals surface area contributed by atoms with Crippen LogP contribution in [0.25, 0.3) is 0 Å². The topological polar surface area (TPSA) is 114 Å². The number of carbonyl (C=O) groups excluding carboxylic acids is 2. The molecule has 0 saturated heterocycles. The number of aryl methyl sites for hydroxylation is 1. The Morgan fingerprint density at radius 1 is 0.884 bits per heavy atom. The summed E-state index contributed by atoms with van der Waals surface area (Å²) < 4.78 is 37.8. The zero-order valence-corrected chi connectivity index (χ0v) is 26.1. The normalized spacial score (nSPS) is 12.0. The summed E-state index contributed by atoms with van der Waals surface area (Å²) in [5, 5.41) is 3.01. The van der Waals surface area contributed by atoms with Crippen molar-refractivity contribution < 1.29 is 27.5 Å². The third-order valence-electron chi connectivity index (χ3n) is 6.95. The molecule has 0 radical (unpaired) electrons. The molecule has 0 fully saturated rings. The van der Waals surface area contributed by atoms with Crippen LogP contribution in [-0.2, 0) is 43.7 Å². The molecule has 0 aliphatic rings. The fraction of sp³-hybridized carbons (Fsp3) is 0.394.